The number of rotatable bonds is 1. The summed E-state index contributed by atoms with van der Waals surface area (Å²) in [6, 6.07) is 7.14. The van der Waals surface area contributed by atoms with Crippen LogP contribution in [-0.4, -0.2) is 10.1 Å². The van der Waals surface area contributed by atoms with Gasteiger partial charge in [0.1, 0.15) is 5.75 Å². The van der Waals surface area contributed by atoms with Crippen LogP contribution in [-0.2, 0) is 6.54 Å². The van der Waals surface area contributed by atoms with Crippen LogP contribution in [0.1, 0.15) is 5.69 Å². The number of aromatic amines is 1. The van der Waals surface area contributed by atoms with Crippen LogP contribution >= 0.6 is 0 Å². The fourth-order valence-electron chi connectivity index (χ4n) is 1.29. The fraction of sp³-hybridized carbons (Fsp3) is 0.111. The predicted octanol–water partition coefficient (Wildman–Crippen LogP) is 1.33. The molecule has 3 nitrogen and oxygen atoms in total. The van der Waals surface area contributed by atoms with E-state index in [2.05, 4.69) is 4.98 Å². The van der Waals surface area contributed by atoms with E-state index in [0.717, 1.165) is 16.6 Å². The lowest BCUT2D eigenvalue weighted by molar-refractivity contribution is 0.476. The molecule has 0 saturated heterocycles. The number of phenolic OH excluding ortho intramolecular Hbond substituents is 1. The molecule has 0 aliphatic carbocycles. The highest BCUT2D eigenvalue weighted by molar-refractivity contribution is 5.81. The normalized spacial score (nSPS) is 10.8. The molecule has 62 valence electrons. The third-order valence-corrected chi connectivity index (χ3v) is 1.88. The van der Waals surface area contributed by atoms with Crippen molar-refractivity contribution in [3.8, 4) is 5.75 Å². The Morgan fingerprint density at radius 2 is 2.17 bits per heavy atom. The average molecular weight is 162 g/mol. The van der Waals surface area contributed by atoms with Crippen molar-refractivity contribution in [2.75, 3.05) is 0 Å². The SMILES string of the molecule is NCc1cc2cc(O)ccc2[nH]1. The maximum atomic E-state index is 9.17. The molecule has 0 spiro atoms. The van der Waals surface area contributed by atoms with E-state index in [1.807, 2.05) is 12.1 Å². The second-order valence-corrected chi connectivity index (χ2v) is 2.77. The quantitative estimate of drug-likeness (QED) is 0.592. The highest BCUT2D eigenvalue weighted by Gasteiger charge is 1.98. The number of nitrogens with two attached hydrogens (primary N) is 1. The second-order valence-electron chi connectivity index (χ2n) is 2.77. The van der Waals surface area contributed by atoms with Gasteiger partial charge in [-0.3, -0.25) is 0 Å². The highest BCUT2D eigenvalue weighted by Crippen LogP contribution is 2.20. The van der Waals surface area contributed by atoms with Crippen molar-refractivity contribution < 1.29 is 5.11 Å². The molecule has 0 saturated carbocycles. The van der Waals surface area contributed by atoms with Crippen molar-refractivity contribution in [2.24, 2.45) is 5.73 Å². The van der Waals surface area contributed by atoms with Gasteiger partial charge in [0.05, 0.1) is 0 Å². The molecule has 0 unspecified atom stereocenters. The first kappa shape index (κ1) is 7.18. The van der Waals surface area contributed by atoms with E-state index in [0.29, 0.717) is 6.54 Å². The van der Waals surface area contributed by atoms with Crippen LogP contribution in [0.2, 0.25) is 0 Å². The van der Waals surface area contributed by atoms with Gasteiger partial charge in [-0.1, -0.05) is 0 Å². The van der Waals surface area contributed by atoms with Crippen molar-refractivity contribution in [3.05, 3.63) is 30.0 Å². The Bertz CT molecular complexity index is 406. The first-order chi connectivity index (χ1) is 5.79. The van der Waals surface area contributed by atoms with Crippen molar-refractivity contribution in [2.45, 2.75) is 6.54 Å². The van der Waals surface area contributed by atoms with Crippen LogP contribution in [0, 0.1) is 0 Å². The Labute approximate surface area is 69.8 Å². The van der Waals surface area contributed by atoms with Crippen LogP contribution in [0.5, 0.6) is 5.75 Å². The summed E-state index contributed by atoms with van der Waals surface area (Å²) in [7, 11) is 0. The zero-order valence-electron chi connectivity index (χ0n) is 6.54. The van der Waals surface area contributed by atoms with Gasteiger partial charge in [0.15, 0.2) is 0 Å². The van der Waals surface area contributed by atoms with E-state index >= 15 is 0 Å². The van der Waals surface area contributed by atoms with Crippen LogP contribution < -0.4 is 5.73 Å². The number of H-pyrrole nitrogens is 1. The second kappa shape index (κ2) is 2.53. The largest absolute Gasteiger partial charge is 0.508 e. The molecule has 0 fully saturated rings. The minimum atomic E-state index is 0.282. The molecule has 3 heteroatoms. The third-order valence-electron chi connectivity index (χ3n) is 1.88. The molecule has 0 atom stereocenters. The summed E-state index contributed by atoms with van der Waals surface area (Å²) in [4.78, 5) is 3.14. The number of aromatic nitrogens is 1. The summed E-state index contributed by atoms with van der Waals surface area (Å²) >= 11 is 0. The molecule has 2 aromatic rings. The van der Waals surface area contributed by atoms with Gasteiger partial charge in [0.25, 0.3) is 0 Å². The van der Waals surface area contributed by atoms with E-state index in [1.54, 1.807) is 12.1 Å². The molecule has 0 amide bonds. The molecule has 1 aromatic heterocycles. The Morgan fingerprint density at radius 3 is 2.92 bits per heavy atom. The molecule has 0 aliphatic heterocycles. The number of benzene rings is 1. The first-order valence-corrected chi connectivity index (χ1v) is 3.80. The molecule has 1 aromatic carbocycles. The number of hydrogen-bond donors (Lipinski definition) is 3. The van der Waals surface area contributed by atoms with Gasteiger partial charge in [-0.2, -0.15) is 0 Å². The third kappa shape index (κ3) is 1.04. The van der Waals surface area contributed by atoms with Crippen molar-refractivity contribution in [3.63, 3.8) is 0 Å². The van der Waals surface area contributed by atoms with Gasteiger partial charge in [0.2, 0.25) is 0 Å². The summed E-state index contributed by atoms with van der Waals surface area (Å²) in [5.74, 6) is 0.282. The van der Waals surface area contributed by atoms with E-state index in [1.165, 1.54) is 0 Å². The van der Waals surface area contributed by atoms with Gasteiger partial charge < -0.3 is 15.8 Å². The Morgan fingerprint density at radius 1 is 1.33 bits per heavy atom. The number of nitrogens with one attached hydrogen (secondary N) is 1. The minimum Gasteiger partial charge on any atom is -0.508 e. The molecule has 0 aliphatic rings. The molecule has 4 N–H and O–H groups in total. The molecule has 12 heavy (non-hydrogen) atoms. The lowest BCUT2D eigenvalue weighted by Gasteiger charge is -1.89. The van der Waals surface area contributed by atoms with Gasteiger partial charge in [-0.05, 0) is 24.3 Å². The highest BCUT2D eigenvalue weighted by atomic mass is 16.3. The van der Waals surface area contributed by atoms with Crippen LogP contribution in [0.3, 0.4) is 0 Å². The number of aromatic hydroxyl groups is 1. The average Bonchev–Trinajstić information content (AvgIpc) is 2.46. The lowest BCUT2D eigenvalue weighted by atomic mass is 10.2. The Hall–Kier alpha value is -1.48. The van der Waals surface area contributed by atoms with E-state index < -0.39 is 0 Å². The zero-order chi connectivity index (χ0) is 8.55. The van der Waals surface area contributed by atoms with Gasteiger partial charge in [0, 0.05) is 23.1 Å². The van der Waals surface area contributed by atoms with Crippen LogP contribution in [0.4, 0.5) is 0 Å². The molecular weight excluding hydrogens is 152 g/mol. The summed E-state index contributed by atoms with van der Waals surface area (Å²) in [6.07, 6.45) is 0. The smallest absolute Gasteiger partial charge is 0.116 e. The van der Waals surface area contributed by atoms with Gasteiger partial charge in [-0.25, -0.2) is 0 Å². The van der Waals surface area contributed by atoms with Gasteiger partial charge >= 0.3 is 0 Å². The lowest BCUT2D eigenvalue weighted by Crippen LogP contribution is -1.94. The van der Waals surface area contributed by atoms with E-state index in [-0.39, 0.29) is 5.75 Å². The summed E-state index contributed by atoms with van der Waals surface area (Å²) in [5, 5.41) is 10.2. The summed E-state index contributed by atoms with van der Waals surface area (Å²) in [5.41, 5.74) is 7.45. The molecule has 0 bridgehead atoms. The fourth-order valence-corrected chi connectivity index (χ4v) is 1.29. The van der Waals surface area contributed by atoms with Crippen molar-refractivity contribution in [1.29, 1.82) is 0 Å². The Balaban J connectivity index is 2.67. The van der Waals surface area contributed by atoms with E-state index in [4.69, 9.17) is 10.8 Å². The predicted molar refractivity (Wildman–Crippen MR) is 47.9 cm³/mol. The number of phenols is 1. The van der Waals surface area contributed by atoms with Gasteiger partial charge in [-0.15, -0.1) is 0 Å². The zero-order valence-corrected chi connectivity index (χ0v) is 6.54. The van der Waals surface area contributed by atoms with Crippen molar-refractivity contribution in [1.82, 2.24) is 4.98 Å². The van der Waals surface area contributed by atoms with Crippen LogP contribution in [0.25, 0.3) is 10.9 Å². The summed E-state index contributed by atoms with van der Waals surface area (Å²) < 4.78 is 0. The standard InChI is InChI=1S/C9H10N2O/c10-5-7-3-6-4-8(12)1-2-9(6)11-7/h1-4,11-12H,5,10H2. The maximum absolute atomic E-state index is 9.17. The molecule has 0 radical (unpaired) electrons. The summed E-state index contributed by atoms with van der Waals surface area (Å²) in [6.45, 7) is 0.495. The minimum absolute atomic E-state index is 0.282. The van der Waals surface area contributed by atoms with Crippen molar-refractivity contribution >= 4 is 10.9 Å². The maximum Gasteiger partial charge on any atom is 0.116 e. The Kier molecular flexibility index (Phi) is 1.52. The topological polar surface area (TPSA) is 62.0 Å². The number of hydrogen-bond acceptors (Lipinski definition) is 2. The monoisotopic (exact) mass is 162 g/mol. The van der Waals surface area contributed by atoms with Crippen LogP contribution in [0.15, 0.2) is 24.3 Å². The number of fused-ring (bicyclic) bond motifs is 1. The molecule has 1 heterocycles. The first-order valence-electron chi connectivity index (χ1n) is 3.80. The molecular formula is C9H10N2O. The van der Waals surface area contributed by atoms with E-state index in [9.17, 15) is 0 Å². The molecule has 2 rings (SSSR count).